The Balaban J connectivity index is 1.11. The highest BCUT2D eigenvalue weighted by Crippen LogP contribution is 2.66. The molecule has 3 nitrogen and oxygen atoms in total. The van der Waals surface area contributed by atoms with Gasteiger partial charge in [0, 0.05) is 48.7 Å². The summed E-state index contributed by atoms with van der Waals surface area (Å²) in [6.45, 7) is 12.9. The van der Waals surface area contributed by atoms with Gasteiger partial charge in [-0.2, -0.15) is 0 Å². The molecule has 2 fully saturated rings. The number of ether oxygens (including phenoxy) is 2. The number of nitrogens with zero attached hydrogens (tertiary/aromatic N) is 1. The molecule has 5 aliphatic rings. The summed E-state index contributed by atoms with van der Waals surface area (Å²) in [6, 6.07) is 67.8. The van der Waals surface area contributed by atoms with Crippen molar-refractivity contribution in [2.75, 3.05) is 31.3 Å². The first-order valence-corrected chi connectivity index (χ1v) is 24.6. The second kappa shape index (κ2) is 15.0. The van der Waals surface area contributed by atoms with Gasteiger partial charge in [0.15, 0.2) is 0 Å². The average Bonchev–Trinajstić information content (AvgIpc) is 3.93. The Hall–Kier alpha value is -6.52. The van der Waals surface area contributed by atoms with E-state index in [0.717, 1.165) is 63.5 Å². The maximum atomic E-state index is 5.98. The van der Waals surface area contributed by atoms with Gasteiger partial charge in [-0.15, -0.1) is 0 Å². The zero-order valence-electron chi connectivity index (χ0n) is 39.2. The number of fused-ring (bicyclic) bond motifs is 13. The summed E-state index contributed by atoms with van der Waals surface area (Å²) in [7, 11) is 0. The summed E-state index contributed by atoms with van der Waals surface area (Å²) in [4.78, 5) is 2.59. The first-order valence-electron chi connectivity index (χ1n) is 24.6. The maximum absolute atomic E-state index is 5.98. The number of para-hydroxylation sites is 1. The van der Waals surface area contributed by atoms with Crippen LogP contribution in [0.5, 0.6) is 0 Å². The van der Waals surface area contributed by atoms with E-state index in [2.05, 4.69) is 209 Å². The summed E-state index contributed by atoms with van der Waals surface area (Å²) in [5.74, 6) is 0. The lowest BCUT2D eigenvalue weighted by Crippen LogP contribution is -2.32. The van der Waals surface area contributed by atoms with Crippen molar-refractivity contribution in [2.45, 2.75) is 75.0 Å². The molecular weight excluding hydrogens is 815 g/mol. The standard InChI is InChI=1S/C64H57NO2/c1-61(2)52-20-11-8-18-47(52)48-30-27-45(41-55(48)61)65(58-23-13-10-17-46(58)42-15-6-5-7-16-42)59-24-14-22-54-60(59)51-19-9-12-21-53(51)64(54)56-39-43(62(3)31-35-66-36-32-62)25-28-49(56)50-29-26-44(40-57(50)64)63(4)33-37-67-38-34-63/h5-30,39-41H,31-38H2,1-4H3. The first-order chi connectivity index (χ1) is 32.7. The molecular formula is C64H57NO2. The summed E-state index contributed by atoms with van der Waals surface area (Å²) in [5, 5.41) is 0. The summed E-state index contributed by atoms with van der Waals surface area (Å²) in [6.07, 6.45) is 4.08. The van der Waals surface area contributed by atoms with Crippen LogP contribution in [0, 0.1) is 0 Å². The minimum Gasteiger partial charge on any atom is -0.381 e. The van der Waals surface area contributed by atoms with Gasteiger partial charge in [-0.05, 0) is 139 Å². The third-order valence-corrected chi connectivity index (χ3v) is 17.1. The van der Waals surface area contributed by atoms with Crippen LogP contribution < -0.4 is 4.90 Å². The lowest BCUT2D eigenvalue weighted by Gasteiger charge is -2.37. The van der Waals surface area contributed by atoms with Crippen LogP contribution in [0.4, 0.5) is 17.1 Å². The molecule has 3 heteroatoms. The molecule has 0 saturated carbocycles. The first kappa shape index (κ1) is 40.7. The molecule has 0 aromatic heterocycles. The van der Waals surface area contributed by atoms with Crippen LogP contribution in [0.25, 0.3) is 44.5 Å². The molecule has 330 valence electrons. The second-order valence-electron chi connectivity index (χ2n) is 21.0. The van der Waals surface area contributed by atoms with E-state index in [1.807, 2.05) is 0 Å². The second-order valence-corrected chi connectivity index (χ2v) is 21.0. The fourth-order valence-corrected chi connectivity index (χ4v) is 13.1. The minimum absolute atomic E-state index is 0.0335. The Labute approximate surface area is 396 Å². The Kier molecular flexibility index (Phi) is 9.11. The number of hydrogen-bond acceptors (Lipinski definition) is 3. The molecule has 2 saturated heterocycles. The lowest BCUT2D eigenvalue weighted by atomic mass is 9.67. The molecule has 13 rings (SSSR count). The third kappa shape index (κ3) is 5.84. The number of benzene rings is 8. The number of anilines is 3. The molecule has 0 N–H and O–H groups in total. The van der Waals surface area contributed by atoms with Gasteiger partial charge in [-0.1, -0.05) is 179 Å². The van der Waals surface area contributed by atoms with Crippen LogP contribution in [-0.2, 0) is 31.1 Å². The molecule has 1 spiro atoms. The fraction of sp³-hybridized carbons (Fsp3) is 0.250. The smallest absolute Gasteiger partial charge is 0.0726 e. The van der Waals surface area contributed by atoms with Gasteiger partial charge in [0.05, 0.1) is 16.8 Å². The monoisotopic (exact) mass is 871 g/mol. The van der Waals surface area contributed by atoms with Gasteiger partial charge >= 0.3 is 0 Å². The molecule has 8 aromatic carbocycles. The Morgan fingerprint density at radius 3 is 1.52 bits per heavy atom. The van der Waals surface area contributed by atoms with Crippen molar-refractivity contribution in [1.29, 1.82) is 0 Å². The van der Waals surface area contributed by atoms with Crippen molar-refractivity contribution in [2.24, 2.45) is 0 Å². The van der Waals surface area contributed by atoms with E-state index in [9.17, 15) is 0 Å². The lowest BCUT2D eigenvalue weighted by molar-refractivity contribution is 0.0563. The number of rotatable bonds is 6. The Morgan fingerprint density at radius 2 is 0.866 bits per heavy atom. The largest absolute Gasteiger partial charge is 0.381 e. The SMILES string of the molecule is CC1(c2ccc3c(c2)C2(c4cc(C5(C)CCOCC5)ccc4-3)c3ccccc3-c3c(N(c4ccc5c(c4)C(C)(C)c4ccccc4-5)c4ccccc4-c4ccccc4)cccc32)CCOCC1. The molecule has 0 amide bonds. The molecule has 0 radical (unpaired) electrons. The highest BCUT2D eigenvalue weighted by Gasteiger charge is 2.54. The van der Waals surface area contributed by atoms with E-state index in [-0.39, 0.29) is 16.2 Å². The van der Waals surface area contributed by atoms with Gasteiger partial charge in [-0.25, -0.2) is 0 Å². The van der Waals surface area contributed by atoms with Crippen LogP contribution in [-0.4, -0.2) is 26.4 Å². The van der Waals surface area contributed by atoms with Crippen LogP contribution in [0.15, 0.2) is 176 Å². The maximum Gasteiger partial charge on any atom is 0.0726 e. The molecule has 0 atom stereocenters. The van der Waals surface area contributed by atoms with Crippen LogP contribution >= 0.6 is 0 Å². The van der Waals surface area contributed by atoms with Crippen LogP contribution in [0.1, 0.15) is 97.9 Å². The van der Waals surface area contributed by atoms with E-state index in [1.165, 1.54) is 94.7 Å². The quantitative estimate of drug-likeness (QED) is 0.166. The van der Waals surface area contributed by atoms with Gasteiger partial charge in [0.2, 0.25) is 0 Å². The van der Waals surface area contributed by atoms with E-state index in [4.69, 9.17) is 9.47 Å². The predicted molar refractivity (Wildman–Crippen MR) is 275 cm³/mol. The van der Waals surface area contributed by atoms with Crippen molar-refractivity contribution < 1.29 is 9.47 Å². The topological polar surface area (TPSA) is 21.7 Å². The fourth-order valence-electron chi connectivity index (χ4n) is 13.1. The van der Waals surface area contributed by atoms with Crippen LogP contribution in [0.2, 0.25) is 0 Å². The zero-order valence-corrected chi connectivity index (χ0v) is 39.2. The molecule has 0 bridgehead atoms. The molecule has 3 aliphatic carbocycles. The normalized spacial score (nSPS) is 18.3. The zero-order chi connectivity index (χ0) is 45.1. The Morgan fingerprint density at radius 1 is 0.373 bits per heavy atom. The molecule has 2 aliphatic heterocycles. The van der Waals surface area contributed by atoms with Crippen molar-refractivity contribution in [1.82, 2.24) is 0 Å². The number of hydrogen-bond donors (Lipinski definition) is 0. The van der Waals surface area contributed by atoms with Crippen molar-refractivity contribution in [3.05, 3.63) is 220 Å². The Bertz CT molecular complexity index is 3200. The molecule has 67 heavy (non-hydrogen) atoms. The van der Waals surface area contributed by atoms with Crippen LogP contribution in [0.3, 0.4) is 0 Å². The highest BCUT2D eigenvalue weighted by atomic mass is 16.5. The average molecular weight is 872 g/mol. The van der Waals surface area contributed by atoms with Gasteiger partial charge in [-0.3, -0.25) is 0 Å². The molecule has 8 aromatic rings. The van der Waals surface area contributed by atoms with Gasteiger partial charge < -0.3 is 14.4 Å². The third-order valence-electron chi connectivity index (χ3n) is 17.1. The molecule has 0 unspecified atom stereocenters. The van der Waals surface area contributed by atoms with Crippen molar-refractivity contribution >= 4 is 17.1 Å². The summed E-state index contributed by atoms with van der Waals surface area (Å²) < 4.78 is 12.0. The minimum atomic E-state index is -0.534. The van der Waals surface area contributed by atoms with Gasteiger partial charge in [0.25, 0.3) is 0 Å². The van der Waals surface area contributed by atoms with Crippen molar-refractivity contribution in [3.63, 3.8) is 0 Å². The summed E-state index contributed by atoms with van der Waals surface area (Å²) in [5.41, 5.74) is 24.3. The van der Waals surface area contributed by atoms with E-state index >= 15 is 0 Å². The molecule has 2 heterocycles. The van der Waals surface area contributed by atoms with E-state index < -0.39 is 5.41 Å². The highest BCUT2D eigenvalue weighted by molar-refractivity contribution is 6.03. The van der Waals surface area contributed by atoms with Crippen molar-refractivity contribution in [3.8, 4) is 44.5 Å². The predicted octanol–water partition coefficient (Wildman–Crippen LogP) is 15.6. The van der Waals surface area contributed by atoms with E-state index in [0.29, 0.717) is 0 Å². The van der Waals surface area contributed by atoms with E-state index in [1.54, 1.807) is 0 Å². The summed E-state index contributed by atoms with van der Waals surface area (Å²) >= 11 is 0. The van der Waals surface area contributed by atoms with Gasteiger partial charge in [0.1, 0.15) is 0 Å².